The zero-order chi connectivity index (χ0) is 16.7. The molecule has 4 nitrogen and oxygen atoms in total. The first kappa shape index (κ1) is 16.6. The first-order valence-electron chi connectivity index (χ1n) is 7.47. The van der Waals surface area contributed by atoms with Crippen LogP contribution in [0.1, 0.15) is 18.1 Å². The first-order chi connectivity index (χ1) is 11.2. The molecule has 0 heterocycles. The molecule has 0 bridgehead atoms. The minimum absolute atomic E-state index is 0.166. The molecule has 0 fully saturated rings. The van der Waals surface area contributed by atoms with Crippen LogP contribution >= 0.6 is 0 Å². The number of rotatable bonds is 6. The Labute approximate surface area is 136 Å². The Kier molecular flexibility index (Phi) is 5.80. The van der Waals surface area contributed by atoms with E-state index in [2.05, 4.69) is 12.2 Å². The highest BCUT2D eigenvalue weighted by Crippen LogP contribution is 2.28. The highest BCUT2D eigenvalue weighted by atomic mass is 16.5. The first-order valence-corrected chi connectivity index (χ1v) is 7.47. The second-order valence-electron chi connectivity index (χ2n) is 4.95. The number of benzene rings is 2. The minimum atomic E-state index is -0.166. The molecule has 23 heavy (non-hydrogen) atoms. The molecule has 0 aliphatic heterocycles. The Hall–Kier alpha value is -2.75. The number of hydrogen-bond donors (Lipinski definition) is 1. The molecular formula is C19H21NO3. The average Bonchev–Trinajstić information content (AvgIpc) is 2.60. The van der Waals surface area contributed by atoms with Gasteiger partial charge in [-0.1, -0.05) is 31.2 Å². The van der Waals surface area contributed by atoms with E-state index >= 15 is 0 Å². The van der Waals surface area contributed by atoms with Crippen LogP contribution in [0, 0.1) is 0 Å². The molecule has 0 aromatic heterocycles. The van der Waals surface area contributed by atoms with E-state index in [0.717, 1.165) is 23.2 Å². The van der Waals surface area contributed by atoms with Gasteiger partial charge in [0.2, 0.25) is 5.91 Å². The maximum Gasteiger partial charge on any atom is 0.248 e. The Bertz CT molecular complexity index is 708. The van der Waals surface area contributed by atoms with Crippen molar-refractivity contribution in [2.24, 2.45) is 0 Å². The van der Waals surface area contributed by atoms with Gasteiger partial charge < -0.3 is 14.8 Å². The SMILES string of the molecule is CCc1ccccc1NC(=O)/C=C/c1ccc(OC)c(OC)c1. The van der Waals surface area contributed by atoms with Gasteiger partial charge in [0, 0.05) is 11.8 Å². The summed E-state index contributed by atoms with van der Waals surface area (Å²) in [5.41, 5.74) is 2.82. The van der Waals surface area contributed by atoms with Crippen LogP contribution in [0.2, 0.25) is 0 Å². The van der Waals surface area contributed by atoms with Crippen LogP contribution in [0.25, 0.3) is 6.08 Å². The number of hydrogen-bond acceptors (Lipinski definition) is 3. The molecule has 0 saturated carbocycles. The van der Waals surface area contributed by atoms with Gasteiger partial charge in [0.1, 0.15) is 0 Å². The van der Waals surface area contributed by atoms with Crippen molar-refractivity contribution in [1.82, 2.24) is 0 Å². The zero-order valence-electron chi connectivity index (χ0n) is 13.6. The van der Waals surface area contributed by atoms with Gasteiger partial charge in [0.05, 0.1) is 14.2 Å². The molecule has 0 aliphatic rings. The monoisotopic (exact) mass is 311 g/mol. The van der Waals surface area contributed by atoms with Gasteiger partial charge in [-0.15, -0.1) is 0 Å². The van der Waals surface area contributed by atoms with Crippen LogP contribution in [0.15, 0.2) is 48.5 Å². The second kappa shape index (κ2) is 8.03. The molecular weight excluding hydrogens is 290 g/mol. The summed E-state index contributed by atoms with van der Waals surface area (Å²) in [7, 11) is 3.17. The third kappa shape index (κ3) is 4.36. The molecule has 0 atom stereocenters. The fourth-order valence-electron chi connectivity index (χ4n) is 2.25. The standard InChI is InChI=1S/C19H21NO3/c1-4-15-7-5-6-8-16(15)20-19(21)12-10-14-9-11-17(22-2)18(13-14)23-3/h5-13H,4H2,1-3H3,(H,20,21)/b12-10+. The molecule has 1 N–H and O–H groups in total. The summed E-state index contributed by atoms with van der Waals surface area (Å²) in [6, 6.07) is 13.3. The smallest absolute Gasteiger partial charge is 0.248 e. The maximum atomic E-state index is 12.1. The number of ether oxygens (including phenoxy) is 2. The molecule has 2 rings (SSSR count). The van der Waals surface area contributed by atoms with Gasteiger partial charge in [-0.05, 0) is 41.8 Å². The van der Waals surface area contributed by atoms with Crippen molar-refractivity contribution < 1.29 is 14.3 Å². The number of carbonyl (C=O) groups is 1. The van der Waals surface area contributed by atoms with E-state index < -0.39 is 0 Å². The number of amides is 1. The van der Waals surface area contributed by atoms with Gasteiger partial charge in [0.15, 0.2) is 11.5 Å². The minimum Gasteiger partial charge on any atom is -0.493 e. The van der Waals surface area contributed by atoms with E-state index in [1.165, 1.54) is 6.08 Å². The van der Waals surface area contributed by atoms with Gasteiger partial charge in [0.25, 0.3) is 0 Å². The third-order valence-electron chi connectivity index (χ3n) is 3.49. The molecule has 0 unspecified atom stereocenters. The molecule has 1 amide bonds. The maximum absolute atomic E-state index is 12.1. The Morgan fingerprint density at radius 1 is 1.09 bits per heavy atom. The van der Waals surface area contributed by atoms with E-state index in [-0.39, 0.29) is 5.91 Å². The average molecular weight is 311 g/mol. The fraction of sp³-hybridized carbons (Fsp3) is 0.211. The summed E-state index contributed by atoms with van der Waals surface area (Å²) in [6.45, 7) is 2.06. The Morgan fingerprint density at radius 3 is 2.52 bits per heavy atom. The lowest BCUT2D eigenvalue weighted by molar-refractivity contribution is -0.111. The molecule has 2 aromatic rings. The molecule has 0 spiro atoms. The fourth-order valence-corrected chi connectivity index (χ4v) is 2.25. The van der Waals surface area contributed by atoms with Crippen LogP contribution in [-0.2, 0) is 11.2 Å². The van der Waals surface area contributed by atoms with E-state index in [1.807, 2.05) is 42.5 Å². The quantitative estimate of drug-likeness (QED) is 0.823. The van der Waals surface area contributed by atoms with Crippen LogP contribution in [0.5, 0.6) is 11.5 Å². The normalized spacial score (nSPS) is 10.6. The van der Waals surface area contributed by atoms with Crippen molar-refractivity contribution in [1.29, 1.82) is 0 Å². The van der Waals surface area contributed by atoms with Gasteiger partial charge >= 0.3 is 0 Å². The topological polar surface area (TPSA) is 47.6 Å². The van der Waals surface area contributed by atoms with Gasteiger partial charge in [-0.2, -0.15) is 0 Å². The third-order valence-corrected chi connectivity index (χ3v) is 3.49. The highest BCUT2D eigenvalue weighted by Gasteiger charge is 2.04. The van der Waals surface area contributed by atoms with Crippen molar-refractivity contribution in [2.75, 3.05) is 19.5 Å². The molecule has 120 valence electrons. The van der Waals surface area contributed by atoms with Crippen LogP contribution in [0.3, 0.4) is 0 Å². The number of nitrogens with one attached hydrogen (secondary N) is 1. The second-order valence-corrected chi connectivity index (χ2v) is 4.95. The van der Waals surface area contributed by atoms with E-state index in [4.69, 9.17) is 9.47 Å². The number of aryl methyl sites for hydroxylation is 1. The summed E-state index contributed by atoms with van der Waals surface area (Å²) < 4.78 is 10.4. The molecule has 2 aromatic carbocycles. The lowest BCUT2D eigenvalue weighted by atomic mass is 10.1. The Morgan fingerprint density at radius 2 is 1.83 bits per heavy atom. The summed E-state index contributed by atoms with van der Waals surface area (Å²) in [6.07, 6.45) is 4.12. The largest absolute Gasteiger partial charge is 0.493 e. The number of anilines is 1. The van der Waals surface area contributed by atoms with Crippen molar-refractivity contribution in [2.45, 2.75) is 13.3 Å². The molecule has 0 radical (unpaired) electrons. The molecule has 0 aliphatic carbocycles. The van der Waals surface area contributed by atoms with Gasteiger partial charge in [-0.3, -0.25) is 4.79 Å². The molecule has 0 saturated heterocycles. The van der Waals surface area contributed by atoms with Crippen molar-refractivity contribution >= 4 is 17.7 Å². The van der Waals surface area contributed by atoms with Crippen molar-refractivity contribution in [3.8, 4) is 11.5 Å². The van der Waals surface area contributed by atoms with Crippen LogP contribution in [0.4, 0.5) is 5.69 Å². The summed E-state index contributed by atoms with van der Waals surface area (Å²) >= 11 is 0. The summed E-state index contributed by atoms with van der Waals surface area (Å²) in [5, 5.41) is 2.90. The predicted octanol–water partition coefficient (Wildman–Crippen LogP) is 3.92. The van der Waals surface area contributed by atoms with E-state index in [0.29, 0.717) is 11.5 Å². The van der Waals surface area contributed by atoms with Crippen LogP contribution < -0.4 is 14.8 Å². The zero-order valence-corrected chi connectivity index (χ0v) is 13.6. The highest BCUT2D eigenvalue weighted by molar-refractivity contribution is 6.02. The van der Waals surface area contributed by atoms with Crippen molar-refractivity contribution in [3.63, 3.8) is 0 Å². The number of para-hydroxylation sites is 1. The lowest BCUT2D eigenvalue weighted by Crippen LogP contribution is -2.09. The van der Waals surface area contributed by atoms with Crippen LogP contribution in [-0.4, -0.2) is 20.1 Å². The summed E-state index contributed by atoms with van der Waals surface area (Å²) in [4.78, 5) is 12.1. The van der Waals surface area contributed by atoms with Gasteiger partial charge in [-0.25, -0.2) is 0 Å². The lowest BCUT2D eigenvalue weighted by Gasteiger charge is -2.08. The predicted molar refractivity (Wildman–Crippen MR) is 93.0 cm³/mol. The summed E-state index contributed by atoms with van der Waals surface area (Å²) in [5.74, 6) is 1.12. The van der Waals surface area contributed by atoms with E-state index in [1.54, 1.807) is 20.3 Å². The number of methoxy groups -OCH3 is 2. The van der Waals surface area contributed by atoms with E-state index in [9.17, 15) is 4.79 Å². The Balaban J connectivity index is 2.09. The number of carbonyl (C=O) groups excluding carboxylic acids is 1. The van der Waals surface area contributed by atoms with Crippen molar-refractivity contribution in [3.05, 3.63) is 59.7 Å². The molecule has 4 heteroatoms.